The highest BCUT2D eigenvalue weighted by atomic mass is 79.9. The Balaban J connectivity index is 2.05. The molecule has 0 spiro atoms. The van der Waals surface area contributed by atoms with Gasteiger partial charge in [0.15, 0.2) is 0 Å². The molecule has 1 aromatic rings. The van der Waals surface area contributed by atoms with Crippen LogP contribution in [-0.2, 0) is 0 Å². The average molecular weight is 287 g/mol. The highest BCUT2D eigenvalue weighted by molar-refractivity contribution is 9.10. The van der Waals surface area contributed by atoms with Crippen LogP contribution in [0, 0.1) is 5.82 Å². The fraction of sp³-hybridized carbons (Fsp3) is 0.364. The van der Waals surface area contributed by atoms with Crippen molar-refractivity contribution in [2.24, 2.45) is 0 Å². The molecule has 86 valence electrons. The lowest BCUT2D eigenvalue weighted by Gasteiger charge is -2.16. The summed E-state index contributed by atoms with van der Waals surface area (Å²) >= 11 is 3.21. The van der Waals surface area contributed by atoms with Gasteiger partial charge in [-0.25, -0.2) is 9.18 Å². The third kappa shape index (κ3) is 2.52. The van der Waals surface area contributed by atoms with Gasteiger partial charge in [-0.05, 0) is 47.0 Å². The average Bonchev–Trinajstić information content (AvgIpc) is 2.75. The van der Waals surface area contributed by atoms with Crippen LogP contribution in [0.3, 0.4) is 0 Å². The Morgan fingerprint density at radius 2 is 2.06 bits per heavy atom. The molecule has 5 heteroatoms. The van der Waals surface area contributed by atoms with Gasteiger partial charge in [-0.15, -0.1) is 0 Å². The van der Waals surface area contributed by atoms with E-state index in [-0.39, 0.29) is 11.8 Å². The lowest BCUT2D eigenvalue weighted by molar-refractivity contribution is 0.222. The maximum atomic E-state index is 12.8. The zero-order valence-electron chi connectivity index (χ0n) is 8.67. The van der Waals surface area contributed by atoms with Gasteiger partial charge >= 0.3 is 6.03 Å². The molecule has 0 aliphatic carbocycles. The van der Waals surface area contributed by atoms with Crippen LogP contribution < -0.4 is 5.32 Å². The van der Waals surface area contributed by atoms with Crippen molar-refractivity contribution in [1.29, 1.82) is 0 Å². The van der Waals surface area contributed by atoms with E-state index in [4.69, 9.17) is 0 Å². The molecule has 0 aromatic heterocycles. The Kier molecular flexibility index (Phi) is 3.43. The number of nitrogens with one attached hydrogen (secondary N) is 1. The Bertz CT molecular complexity index is 405. The summed E-state index contributed by atoms with van der Waals surface area (Å²) in [4.78, 5) is 13.5. The van der Waals surface area contributed by atoms with Gasteiger partial charge in [-0.3, -0.25) is 0 Å². The van der Waals surface area contributed by atoms with Gasteiger partial charge in [0.1, 0.15) is 5.82 Å². The molecule has 0 radical (unpaired) electrons. The first-order chi connectivity index (χ1) is 7.66. The van der Waals surface area contributed by atoms with Crippen LogP contribution >= 0.6 is 15.9 Å². The highest BCUT2D eigenvalue weighted by Crippen LogP contribution is 2.23. The SMILES string of the molecule is O=C(Nc1ccc(F)cc1Br)N1CCCC1. The van der Waals surface area contributed by atoms with E-state index < -0.39 is 0 Å². The minimum Gasteiger partial charge on any atom is -0.325 e. The summed E-state index contributed by atoms with van der Waals surface area (Å²) in [5.41, 5.74) is 0.596. The van der Waals surface area contributed by atoms with Gasteiger partial charge in [0.2, 0.25) is 0 Å². The topological polar surface area (TPSA) is 32.3 Å². The maximum absolute atomic E-state index is 12.8. The first-order valence-electron chi connectivity index (χ1n) is 5.18. The molecule has 0 unspecified atom stereocenters. The molecule has 1 aliphatic heterocycles. The molecule has 3 nitrogen and oxygen atoms in total. The molecule has 0 saturated carbocycles. The standard InChI is InChI=1S/C11H12BrFN2O/c12-9-7-8(13)3-4-10(9)14-11(16)15-5-1-2-6-15/h3-4,7H,1-2,5-6H2,(H,14,16). The normalized spacial score (nSPS) is 15.2. The van der Waals surface area contributed by atoms with Crippen LogP contribution in [0.25, 0.3) is 0 Å². The summed E-state index contributed by atoms with van der Waals surface area (Å²) in [5.74, 6) is -0.328. The molecule has 0 bridgehead atoms. The van der Waals surface area contributed by atoms with Gasteiger partial charge in [0.25, 0.3) is 0 Å². The number of hydrogen-bond acceptors (Lipinski definition) is 1. The van der Waals surface area contributed by atoms with Crippen LogP contribution in [0.2, 0.25) is 0 Å². The second-order valence-electron chi connectivity index (χ2n) is 3.75. The lowest BCUT2D eigenvalue weighted by atomic mass is 10.3. The molecule has 16 heavy (non-hydrogen) atoms. The number of nitrogens with zero attached hydrogens (tertiary/aromatic N) is 1. The molecule has 1 aliphatic rings. The van der Waals surface area contributed by atoms with Gasteiger partial charge < -0.3 is 10.2 Å². The molecule has 1 heterocycles. The van der Waals surface area contributed by atoms with E-state index in [0.717, 1.165) is 25.9 Å². The number of halogens is 2. The second kappa shape index (κ2) is 4.82. The number of rotatable bonds is 1. The lowest BCUT2D eigenvalue weighted by Crippen LogP contribution is -2.32. The summed E-state index contributed by atoms with van der Waals surface area (Å²) in [6.07, 6.45) is 2.11. The van der Waals surface area contributed by atoms with Crippen molar-refractivity contribution < 1.29 is 9.18 Å². The monoisotopic (exact) mass is 286 g/mol. The minimum absolute atomic E-state index is 0.121. The fourth-order valence-corrected chi connectivity index (χ4v) is 2.16. The molecule has 1 aromatic carbocycles. The van der Waals surface area contributed by atoms with Crippen molar-refractivity contribution in [3.05, 3.63) is 28.5 Å². The molecular formula is C11H12BrFN2O. The van der Waals surface area contributed by atoms with Crippen molar-refractivity contribution in [2.75, 3.05) is 18.4 Å². The number of carbonyl (C=O) groups excluding carboxylic acids is 1. The maximum Gasteiger partial charge on any atom is 0.321 e. The number of carbonyl (C=O) groups is 1. The van der Waals surface area contributed by atoms with Gasteiger partial charge in [0.05, 0.1) is 5.69 Å². The Morgan fingerprint density at radius 3 is 2.69 bits per heavy atom. The second-order valence-corrected chi connectivity index (χ2v) is 4.60. The Morgan fingerprint density at radius 1 is 1.38 bits per heavy atom. The minimum atomic E-state index is -0.328. The number of likely N-dealkylation sites (tertiary alicyclic amines) is 1. The number of anilines is 1. The van der Waals surface area contributed by atoms with Crippen molar-refractivity contribution in [1.82, 2.24) is 4.90 Å². The summed E-state index contributed by atoms with van der Waals surface area (Å²) in [7, 11) is 0. The van der Waals surface area contributed by atoms with E-state index in [9.17, 15) is 9.18 Å². The number of amides is 2. The number of benzene rings is 1. The summed E-state index contributed by atoms with van der Waals surface area (Å²) in [5, 5.41) is 2.75. The molecule has 1 fully saturated rings. The van der Waals surface area contributed by atoms with Crippen LogP contribution in [0.15, 0.2) is 22.7 Å². The third-order valence-corrected chi connectivity index (χ3v) is 3.22. The molecule has 1 N–H and O–H groups in total. The molecule has 0 atom stereocenters. The van der Waals surface area contributed by atoms with Crippen molar-refractivity contribution in [3.63, 3.8) is 0 Å². The van der Waals surface area contributed by atoms with Crippen molar-refractivity contribution in [3.8, 4) is 0 Å². The van der Waals surface area contributed by atoms with Gasteiger partial charge in [0, 0.05) is 17.6 Å². The van der Waals surface area contributed by atoms with E-state index in [1.807, 2.05) is 0 Å². The smallest absolute Gasteiger partial charge is 0.321 e. The first kappa shape index (κ1) is 11.4. The third-order valence-electron chi connectivity index (χ3n) is 2.57. The zero-order chi connectivity index (χ0) is 11.5. The zero-order valence-corrected chi connectivity index (χ0v) is 10.3. The highest BCUT2D eigenvalue weighted by Gasteiger charge is 2.18. The van der Waals surface area contributed by atoms with E-state index in [2.05, 4.69) is 21.2 Å². The summed E-state index contributed by atoms with van der Waals surface area (Å²) < 4.78 is 13.4. The molecule has 1 saturated heterocycles. The predicted octanol–water partition coefficient (Wildman–Crippen LogP) is 3.22. The summed E-state index contributed by atoms with van der Waals surface area (Å²) in [6, 6.07) is 4.09. The number of hydrogen-bond donors (Lipinski definition) is 1. The Labute approximate surface area is 102 Å². The number of urea groups is 1. The van der Waals surface area contributed by atoms with Crippen LogP contribution in [-0.4, -0.2) is 24.0 Å². The van der Waals surface area contributed by atoms with E-state index in [1.165, 1.54) is 12.1 Å². The predicted molar refractivity (Wildman–Crippen MR) is 63.9 cm³/mol. The Hall–Kier alpha value is -1.10. The fourth-order valence-electron chi connectivity index (χ4n) is 1.71. The molecular weight excluding hydrogens is 275 g/mol. The van der Waals surface area contributed by atoms with E-state index in [1.54, 1.807) is 11.0 Å². The molecule has 2 amide bonds. The van der Waals surface area contributed by atoms with Gasteiger partial charge in [-0.2, -0.15) is 0 Å². The van der Waals surface area contributed by atoms with Crippen molar-refractivity contribution >= 4 is 27.6 Å². The van der Waals surface area contributed by atoms with E-state index in [0.29, 0.717) is 10.2 Å². The molecule has 2 rings (SSSR count). The largest absolute Gasteiger partial charge is 0.325 e. The quantitative estimate of drug-likeness (QED) is 0.845. The summed E-state index contributed by atoms with van der Waals surface area (Å²) in [6.45, 7) is 1.59. The van der Waals surface area contributed by atoms with E-state index >= 15 is 0 Å². The first-order valence-corrected chi connectivity index (χ1v) is 5.97. The van der Waals surface area contributed by atoms with Crippen LogP contribution in [0.5, 0.6) is 0 Å². The van der Waals surface area contributed by atoms with Gasteiger partial charge in [-0.1, -0.05) is 0 Å². The van der Waals surface area contributed by atoms with Crippen molar-refractivity contribution in [2.45, 2.75) is 12.8 Å². The van der Waals surface area contributed by atoms with Crippen LogP contribution in [0.4, 0.5) is 14.9 Å². The van der Waals surface area contributed by atoms with Crippen LogP contribution in [0.1, 0.15) is 12.8 Å².